The highest BCUT2D eigenvalue weighted by Crippen LogP contribution is 2.20. The molecule has 0 aromatic rings. The van der Waals surface area contributed by atoms with Gasteiger partial charge in [0.05, 0.1) is 12.7 Å². The van der Waals surface area contributed by atoms with Crippen molar-refractivity contribution in [3.05, 3.63) is 0 Å². The molecule has 132 valence electrons. The molecule has 6 heteroatoms. The molecule has 3 saturated heterocycles. The zero-order valence-corrected chi connectivity index (χ0v) is 14.6. The van der Waals surface area contributed by atoms with Crippen LogP contribution < -0.4 is 10.6 Å². The van der Waals surface area contributed by atoms with Gasteiger partial charge in [-0.05, 0) is 52.7 Å². The summed E-state index contributed by atoms with van der Waals surface area (Å²) in [6, 6.07) is 0.868. The van der Waals surface area contributed by atoms with E-state index in [0.717, 1.165) is 38.5 Å². The summed E-state index contributed by atoms with van der Waals surface area (Å²) in [6.07, 6.45) is 4.67. The Bertz CT molecular complexity index is 390. The molecule has 6 nitrogen and oxygen atoms in total. The monoisotopic (exact) mass is 324 g/mol. The first-order valence-corrected chi connectivity index (χ1v) is 9.21. The molecular weight excluding hydrogens is 292 g/mol. The zero-order chi connectivity index (χ0) is 16.2. The number of carbonyl (C=O) groups excluding carboxylic acids is 1. The Labute approximate surface area is 139 Å². The molecule has 0 aromatic carbocycles. The highest BCUT2D eigenvalue weighted by Gasteiger charge is 2.32. The van der Waals surface area contributed by atoms with Crippen molar-refractivity contribution < 1.29 is 9.53 Å². The minimum absolute atomic E-state index is 0.0388. The maximum absolute atomic E-state index is 12.4. The van der Waals surface area contributed by atoms with E-state index in [1.54, 1.807) is 0 Å². The number of ether oxygens (including phenoxy) is 1. The van der Waals surface area contributed by atoms with Crippen molar-refractivity contribution in [1.82, 2.24) is 20.4 Å². The molecule has 3 fully saturated rings. The number of nitrogens with one attached hydrogen (secondary N) is 2. The first-order valence-electron chi connectivity index (χ1n) is 9.21. The van der Waals surface area contributed by atoms with Crippen molar-refractivity contribution in [1.29, 1.82) is 0 Å². The van der Waals surface area contributed by atoms with Crippen molar-refractivity contribution in [2.24, 2.45) is 0 Å². The van der Waals surface area contributed by atoms with Crippen LogP contribution in [-0.2, 0) is 9.53 Å². The normalized spacial score (nSPS) is 32.8. The van der Waals surface area contributed by atoms with Gasteiger partial charge < -0.3 is 25.2 Å². The van der Waals surface area contributed by atoms with Crippen molar-refractivity contribution in [2.45, 2.75) is 56.8 Å². The van der Waals surface area contributed by atoms with Gasteiger partial charge in [0.1, 0.15) is 6.04 Å². The van der Waals surface area contributed by atoms with Crippen LogP contribution in [0.1, 0.15) is 32.6 Å². The summed E-state index contributed by atoms with van der Waals surface area (Å²) in [7, 11) is 2.21. The van der Waals surface area contributed by atoms with Crippen LogP contribution in [-0.4, -0.2) is 86.3 Å². The van der Waals surface area contributed by atoms with E-state index < -0.39 is 0 Å². The van der Waals surface area contributed by atoms with Gasteiger partial charge in [0.2, 0.25) is 5.91 Å². The molecule has 3 aliphatic rings. The molecular formula is C17H32N4O2. The fourth-order valence-corrected chi connectivity index (χ4v) is 4.09. The van der Waals surface area contributed by atoms with Gasteiger partial charge in [0.25, 0.3) is 0 Å². The highest BCUT2D eigenvalue weighted by molar-refractivity contribution is 5.82. The SMILES string of the molecule is C[C@H]1OCCN[C@@H]1C(=O)NC1CCN(C2CCN(C)CC2)CC1. The Morgan fingerprint density at radius 3 is 2.48 bits per heavy atom. The molecule has 0 saturated carbocycles. The number of amides is 1. The van der Waals surface area contributed by atoms with E-state index in [1.807, 2.05) is 6.92 Å². The lowest BCUT2D eigenvalue weighted by atomic mass is 9.97. The molecule has 0 bridgehead atoms. The summed E-state index contributed by atoms with van der Waals surface area (Å²) in [6.45, 7) is 8.09. The average molecular weight is 324 g/mol. The summed E-state index contributed by atoms with van der Waals surface area (Å²) < 4.78 is 5.57. The van der Waals surface area contributed by atoms with Crippen molar-refractivity contribution >= 4 is 5.91 Å². The lowest BCUT2D eigenvalue weighted by Crippen LogP contribution is -2.58. The van der Waals surface area contributed by atoms with Gasteiger partial charge in [-0.1, -0.05) is 0 Å². The summed E-state index contributed by atoms with van der Waals surface area (Å²) in [5.74, 6) is 0.106. The predicted octanol–water partition coefficient (Wildman–Crippen LogP) is 0.0381. The van der Waals surface area contributed by atoms with Crippen LogP contribution in [0.5, 0.6) is 0 Å². The van der Waals surface area contributed by atoms with Crippen LogP contribution >= 0.6 is 0 Å². The minimum Gasteiger partial charge on any atom is -0.375 e. The molecule has 2 N–H and O–H groups in total. The van der Waals surface area contributed by atoms with E-state index in [9.17, 15) is 4.79 Å². The molecule has 0 radical (unpaired) electrons. The van der Waals surface area contributed by atoms with Crippen LogP contribution in [0.3, 0.4) is 0 Å². The van der Waals surface area contributed by atoms with E-state index >= 15 is 0 Å². The molecule has 2 atom stereocenters. The topological polar surface area (TPSA) is 56.8 Å². The van der Waals surface area contributed by atoms with Gasteiger partial charge in [0.15, 0.2) is 0 Å². The van der Waals surface area contributed by atoms with Crippen molar-refractivity contribution in [2.75, 3.05) is 46.4 Å². The number of piperidine rings is 2. The predicted molar refractivity (Wildman–Crippen MR) is 90.5 cm³/mol. The molecule has 1 amide bonds. The summed E-state index contributed by atoms with van der Waals surface area (Å²) in [5, 5.41) is 6.50. The van der Waals surface area contributed by atoms with Gasteiger partial charge in [-0.25, -0.2) is 0 Å². The van der Waals surface area contributed by atoms with Gasteiger partial charge in [-0.15, -0.1) is 0 Å². The Morgan fingerprint density at radius 2 is 1.83 bits per heavy atom. The summed E-state index contributed by atoms with van der Waals surface area (Å²) >= 11 is 0. The molecule has 23 heavy (non-hydrogen) atoms. The Morgan fingerprint density at radius 1 is 1.13 bits per heavy atom. The van der Waals surface area contributed by atoms with Crippen molar-refractivity contribution in [3.63, 3.8) is 0 Å². The second-order valence-corrected chi connectivity index (χ2v) is 7.36. The smallest absolute Gasteiger partial charge is 0.240 e. The van der Waals surface area contributed by atoms with Gasteiger partial charge in [-0.2, -0.15) is 0 Å². The Hall–Kier alpha value is -0.690. The molecule has 0 spiro atoms. The van der Waals surface area contributed by atoms with E-state index in [1.165, 1.54) is 25.9 Å². The van der Waals surface area contributed by atoms with E-state index in [-0.39, 0.29) is 18.1 Å². The quantitative estimate of drug-likeness (QED) is 0.768. The standard InChI is InChI=1S/C17H32N4O2/c1-13-16(18-7-12-23-13)17(22)19-14-3-10-21(11-4-14)15-5-8-20(2)9-6-15/h13-16,18H,3-12H2,1-2H3,(H,19,22)/t13-,16+/m1/s1. The van der Waals surface area contributed by atoms with Crippen LogP contribution in [0.15, 0.2) is 0 Å². The van der Waals surface area contributed by atoms with Crippen LogP contribution in [0.4, 0.5) is 0 Å². The molecule has 3 heterocycles. The number of carbonyl (C=O) groups is 1. The first kappa shape index (κ1) is 17.1. The number of nitrogens with zero attached hydrogens (tertiary/aromatic N) is 2. The van der Waals surface area contributed by atoms with Crippen LogP contribution in [0, 0.1) is 0 Å². The third-order valence-corrected chi connectivity index (χ3v) is 5.68. The molecule has 0 unspecified atom stereocenters. The Balaban J connectivity index is 1.41. The lowest BCUT2D eigenvalue weighted by Gasteiger charge is -2.41. The average Bonchev–Trinajstić information content (AvgIpc) is 2.57. The second kappa shape index (κ2) is 7.92. The fourth-order valence-electron chi connectivity index (χ4n) is 4.09. The highest BCUT2D eigenvalue weighted by atomic mass is 16.5. The molecule has 3 aliphatic heterocycles. The number of rotatable bonds is 3. The summed E-state index contributed by atoms with van der Waals surface area (Å²) in [4.78, 5) is 17.5. The zero-order valence-electron chi connectivity index (χ0n) is 14.6. The van der Waals surface area contributed by atoms with E-state index in [4.69, 9.17) is 4.74 Å². The third kappa shape index (κ3) is 4.44. The number of hydrogen-bond acceptors (Lipinski definition) is 5. The maximum Gasteiger partial charge on any atom is 0.240 e. The van der Waals surface area contributed by atoms with Gasteiger partial charge in [0, 0.05) is 31.7 Å². The number of hydrogen-bond donors (Lipinski definition) is 2. The van der Waals surface area contributed by atoms with Crippen LogP contribution in [0.25, 0.3) is 0 Å². The Kier molecular flexibility index (Phi) is 5.91. The second-order valence-electron chi connectivity index (χ2n) is 7.36. The first-order chi connectivity index (χ1) is 11.1. The summed E-state index contributed by atoms with van der Waals surface area (Å²) in [5.41, 5.74) is 0. The molecule has 0 aromatic heterocycles. The van der Waals surface area contributed by atoms with Gasteiger partial charge in [-0.3, -0.25) is 4.79 Å². The van der Waals surface area contributed by atoms with Crippen LogP contribution in [0.2, 0.25) is 0 Å². The fraction of sp³-hybridized carbons (Fsp3) is 0.941. The minimum atomic E-state index is -0.198. The van der Waals surface area contributed by atoms with Gasteiger partial charge >= 0.3 is 0 Å². The van der Waals surface area contributed by atoms with Crippen molar-refractivity contribution in [3.8, 4) is 0 Å². The molecule has 0 aliphatic carbocycles. The maximum atomic E-state index is 12.4. The molecule has 3 rings (SSSR count). The number of likely N-dealkylation sites (tertiary alicyclic amines) is 2. The largest absolute Gasteiger partial charge is 0.375 e. The van der Waals surface area contributed by atoms with E-state index in [0.29, 0.717) is 12.6 Å². The van der Waals surface area contributed by atoms with E-state index in [2.05, 4.69) is 27.5 Å². The lowest BCUT2D eigenvalue weighted by molar-refractivity contribution is -0.130. The number of morpholine rings is 1. The third-order valence-electron chi connectivity index (χ3n) is 5.68.